The fourth-order valence-electron chi connectivity index (χ4n) is 3.97. The molecule has 0 spiro atoms. The Bertz CT molecular complexity index is 808. The summed E-state index contributed by atoms with van der Waals surface area (Å²) in [6.07, 6.45) is -3.27. The van der Waals surface area contributed by atoms with Gasteiger partial charge in [0.15, 0.2) is 0 Å². The maximum atomic E-state index is 12.8. The molecule has 29 heavy (non-hydrogen) atoms. The van der Waals surface area contributed by atoms with Crippen LogP contribution in [-0.4, -0.2) is 25.5 Å². The zero-order chi connectivity index (χ0) is 21.2. The fraction of sp³-hybridized carbons (Fsp3) is 0.500. The van der Waals surface area contributed by atoms with Crippen LogP contribution in [0.3, 0.4) is 0 Å². The molecule has 9 heteroatoms. The minimum Gasteiger partial charge on any atom is -0.466 e. The number of fused-ring (bicyclic) bond motifs is 1. The SMILES string of the molecule is COC(=O)C1=COC(OC(=O)NCc2cccc(C(F)(F)F)c2)C2C(C)CCC12. The Morgan fingerprint density at radius 2 is 2.03 bits per heavy atom. The molecular formula is C20H22F3NO5. The predicted octanol–water partition coefficient (Wildman–Crippen LogP) is 4.01. The lowest BCUT2D eigenvalue weighted by atomic mass is 9.83. The van der Waals surface area contributed by atoms with E-state index in [1.54, 1.807) is 0 Å². The average Bonchev–Trinajstić information content (AvgIpc) is 3.08. The summed E-state index contributed by atoms with van der Waals surface area (Å²) in [5.74, 6) is -0.642. The highest BCUT2D eigenvalue weighted by Crippen LogP contribution is 2.46. The highest BCUT2D eigenvalue weighted by molar-refractivity contribution is 5.89. The maximum Gasteiger partial charge on any atom is 0.416 e. The monoisotopic (exact) mass is 413 g/mol. The molecule has 1 aliphatic heterocycles. The van der Waals surface area contributed by atoms with Crippen LogP contribution in [0, 0.1) is 17.8 Å². The van der Waals surface area contributed by atoms with Gasteiger partial charge in [0, 0.05) is 18.4 Å². The van der Waals surface area contributed by atoms with Gasteiger partial charge < -0.3 is 19.5 Å². The van der Waals surface area contributed by atoms with Crippen molar-refractivity contribution in [1.29, 1.82) is 0 Å². The summed E-state index contributed by atoms with van der Waals surface area (Å²) >= 11 is 0. The highest BCUT2D eigenvalue weighted by Gasteiger charge is 2.48. The Balaban J connectivity index is 1.62. The molecule has 0 radical (unpaired) electrons. The Labute approximate surface area is 166 Å². The van der Waals surface area contributed by atoms with E-state index in [4.69, 9.17) is 14.2 Å². The van der Waals surface area contributed by atoms with Crippen molar-refractivity contribution in [2.45, 2.75) is 38.8 Å². The topological polar surface area (TPSA) is 73.9 Å². The van der Waals surface area contributed by atoms with Crippen molar-refractivity contribution in [3.8, 4) is 0 Å². The number of rotatable bonds is 4. The van der Waals surface area contributed by atoms with Crippen molar-refractivity contribution in [2.75, 3.05) is 7.11 Å². The minimum absolute atomic E-state index is 0.123. The number of ether oxygens (including phenoxy) is 3. The van der Waals surface area contributed by atoms with Gasteiger partial charge in [-0.15, -0.1) is 0 Å². The second-order valence-electron chi connectivity index (χ2n) is 7.26. The number of hydrogen-bond acceptors (Lipinski definition) is 5. The molecule has 4 atom stereocenters. The van der Waals surface area contributed by atoms with Crippen LogP contribution in [0.1, 0.15) is 30.9 Å². The molecule has 1 saturated carbocycles. The van der Waals surface area contributed by atoms with Crippen LogP contribution in [0.4, 0.5) is 18.0 Å². The summed E-state index contributed by atoms with van der Waals surface area (Å²) in [5.41, 5.74) is -0.0729. The number of carbonyl (C=O) groups excluding carboxylic acids is 2. The van der Waals surface area contributed by atoms with Gasteiger partial charge in [-0.25, -0.2) is 9.59 Å². The number of benzene rings is 1. The van der Waals surface area contributed by atoms with Gasteiger partial charge in [-0.05, 0) is 36.5 Å². The molecule has 158 valence electrons. The maximum absolute atomic E-state index is 12.8. The number of methoxy groups -OCH3 is 1. The Kier molecular flexibility index (Phi) is 6.04. The molecule has 0 bridgehead atoms. The van der Waals surface area contributed by atoms with Crippen molar-refractivity contribution in [2.24, 2.45) is 17.8 Å². The van der Waals surface area contributed by atoms with Crippen LogP contribution in [0.25, 0.3) is 0 Å². The van der Waals surface area contributed by atoms with E-state index >= 15 is 0 Å². The highest BCUT2D eigenvalue weighted by atomic mass is 19.4. The number of carbonyl (C=O) groups is 2. The number of esters is 1. The van der Waals surface area contributed by atoms with Crippen molar-refractivity contribution in [3.63, 3.8) is 0 Å². The summed E-state index contributed by atoms with van der Waals surface area (Å²) in [6, 6.07) is 4.69. The van der Waals surface area contributed by atoms with E-state index in [0.29, 0.717) is 11.1 Å². The quantitative estimate of drug-likeness (QED) is 0.756. The van der Waals surface area contributed by atoms with Gasteiger partial charge in [0.1, 0.15) is 0 Å². The van der Waals surface area contributed by atoms with Crippen LogP contribution in [0.15, 0.2) is 36.1 Å². The summed E-state index contributed by atoms with van der Waals surface area (Å²) in [7, 11) is 1.29. The van der Waals surface area contributed by atoms with Crippen LogP contribution in [-0.2, 0) is 31.7 Å². The van der Waals surface area contributed by atoms with E-state index in [1.165, 1.54) is 25.5 Å². The van der Waals surface area contributed by atoms with E-state index in [2.05, 4.69) is 5.32 Å². The van der Waals surface area contributed by atoms with Gasteiger partial charge in [-0.2, -0.15) is 13.2 Å². The Morgan fingerprint density at radius 3 is 2.72 bits per heavy atom. The molecule has 1 heterocycles. The molecule has 4 unspecified atom stereocenters. The van der Waals surface area contributed by atoms with Gasteiger partial charge in [0.05, 0.1) is 24.5 Å². The van der Waals surface area contributed by atoms with Crippen molar-refractivity contribution in [1.82, 2.24) is 5.32 Å². The Hall–Kier alpha value is -2.71. The number of halogens is 3. The largest absolute Gasteiger partial charge is 0.466 e. The van der Waals surface area contributed by atoms with Gasteiger partial charge in [0.2, 0.25) is 6.29 Å². The first kappa shape index (κ1) is 21.0. The first-order valence-electron chi connectivity index (χ1n) is 9.25. The number of nitrogens with one attached hydrogen (secondary N) is 1. The zero-order valence-electron chi connectivity index (χ0n) is 16.0. The molecule has 1 N–H and O–H groups in total. The molecular weight excluding hydrogens is 391 g/mol. The molecule has 1 aromatic carbocycles. The van der Waals surface area contributed by atoms with Crippen LogP contribution in [0.5, 0.6) is 0 Å². The number of hydrogen-bond donors (Lipinski definition) is 1. The lowest BCUT2D eigenvalue weighted by Crippen LogP contribution is -2.41. The first-order chi connectivity index (χ1) is 13.7. The lowest BCUT2D eigenvalue weighted by molar-refractivity contribution is -0.145. The van der Waals surface area contributed by atoms with E-state index < -0.39 is 30.1 Å². The normalized spacial score (nSPS) is 26.0. The minimum atomic E-state index is -4.45. The molecule has 2 aliphatic rings. The van der Waals surface area contributed by atoms with Gasteiger partial charge >= 0.3 is 18.2 Å². The predicted molar refractivity (Wildman–Crippen MR) is 95.1 cm³/mol. The van der Waals surface area contributed by atoms with Crippen molar-refractivity contribution >= 4 is 12.1 Å². The summed E-state index contributed by atoms with van der Waals surface area (Å²) in [5, 5.41) is 2.44. The molecule has 3 rings (SSSR count). The van der Waals surface area contributed by atoms with Crippen molar-refractivity contribution in [3.05, 3.63) is 47.2 Å². The third-order valence-corrected chi connectivity index (χ3v) is 5.43. The van der Waals surface area contributed by atoms with Gasteiger partial charge in [0.25, 0.3) is 0 Å². The fourth-order valence-corrected chi connectivity index (χ4v) is 3.97. The van der Waals surface area contributed by atoms with Crippen LogP contribution >= 0.6 is 0 Å². The van der Waals surface area contributed by atoms with Gasteiger partial charge in [-0.3, -0.25) is 0 Å². The third-order valence-electron chi connectivity index (χ3n) is 5.43. The number of alkyl carbamates (subject to hydrolysis) is 1. The summed E-state index contributed by atoms with van der Waals surface area (Å²) < 4.78 is 54.0. The van der Waals surface area contributed by atoms with Gasteiger partial charge in [-0.1, -0.05) is 19.1 Å². The zero-order valence-corrected chi connectivity index (χ0v) is 16.0. The second kappa shape index (κ2) is 8.34. The standard InChI is InChI=1S/C20H22F3NO5/c1-11-6-7-14-15(17(25)27-2)10-28-18(16(11)14)29-19(26)24-9-12-4-3-5-13(8-12)20(21,22)23/h3-5,8,10-11,14,16,18H,6-7,9H2,1-2H3,(H,24,26). The Morgan fingerprint density at radius 1 is 1.28 bits per heavy atom. The molecule has 0 saturated heterocycles. The van der Waals surface area contributed by atoms with Crippen LogP contribution in [0.2, 0.25) is 0 Å². The number of alkyl halides is 3. The van der Waals surface area contributed by atoms with E-state index in [0.717, 1.165) is 25.0 Å². The molecule has 1 aromatic rings. The molecule has 1 amide bonds. The summed E-state index contributed by atoms with van der Waals surface area (Å²) in [6.45, 7) is 1.87. The average molecular weight is 413 g/mol. The smallest absolute Gasteiger partial charge is 0.416 e. The molecule has 1 fully saturated rings. The van der Waals surface area contributed by atoms with Crippen molar-refractivity contribution < 1.29 is 37.0 Å². The number of amides is 1. The third kappa shape index (κ3) is 4.65. The summed E-state index contributed by atoms with van der Waals surface area (Å²) in [4.78, 5) is 24.1. The van der Waals surface area contributed by atoms with E-state index in [-0.39, 0.29) is 24.3 Å². The molecule has 0 aromatic heterocycles. The van der Waals surface area contributed by atoms with E-state index in [1.807, 2.05) is 6.92 Å². The first-order valence-corrected chi connectivity index (χ1v) is 9.25. The second-order valence-corrected chi connectivity index (χ2v) is 7.26. The van der Waals surface area contributed by atoms with Crippen LogP contribution < -0.4 is 5.32 Å². The molecule has 1 aliphatic carbocycles. The van der Waals surface area contributed by atoms with E-state index in [9.17, 15) is 22.8 Å². The lowest BCUT2D eigenvalue weighted by Gasteiger charge is -2.34. The molecule has 6 nitrogen and oxygen atoms in total.